The molecule has 2 fully saturated rings. The highest BCUT2D eigenvalue weighted by Gasteiger charge is 2.51. The van der Waals surface area contributed by atoms with Gasteiger partial charge in [-0.3, -0.25) is 9.69 Å². The first-order valence-corrected chi connectivity index (χ1v) is 8.76. The molecule has 1 amide bonds. The summed E-state index contributed by atoms with van der Waals surface area (Å²) in [5.74, 6) is -2.03. The number of aliphatic carboxylic acids is 1. The maximum atomic E-state index is 12.3. The quantitative estimate of drug-likeness (QED) is 0.632. The molecule has 0 aromatic rings. The van der Waals surface area contributed by atoms with Gasteiger partial charge in [0.15, 0.2) is 0 Å². The molecule has 2 aliphatic heterocycles. The van der Waals surface area contributed by atoms with Crippen molar-refractivity contribution in [3.05, 3.63) is 0 Å². The lowest BCUT2D eigenvalue weighted by Crippen LogP contribution is -2.59. The van der Waals surface area contributed by atoms with Gasteiger partial charge in [0.1, 0.15) is 11.4 Å². The van der Waals surface area contributed by atoms with E-state index in [1.165, 1.54) is 16.3 Å². The van der Waals surface area contributed by atoms with Crippen molar-refractivity contribution in [1.29, 1.82) is 0 Å². The average Bonchev–Trinajstić information content (AvgIpc) is 3.03. The van der Waals surface area contributed by atoms with Crippen LogP contribution in [-0.2, 0) is 19.6 Å². The molecule has 22 heavy (non-hydrogen) atoms. The molecule has 0 radical (unpaired) electrons. The second-order valence-corrected chi connectivity index (χ2v) is 8.52. The Labute approximate surface area is 130 Å². The molecule has 0 spiro atoms. The highest BCUT2D eigenvalue weighted by Crippen LogP contribution is 2.30. The average molecular weight is 333 g/mol. The number of likely N-dealkylation sites (N-methyl/N-ethyl adjacent to an activating group) is 2. The minimum atomic E-state index is -3.35. The van der Waals surface area contributed by atoms with Crippen LogP contribution >= 0.6 is 0 Å². The second kappa shape index (κ2) is 5.78. The van der Waals surface area contributed by atoms with E-state index in [0.29, 0.717) is 6.54 Å². The first kappa shape index (κ1) is 17.2. The van der Waals surface area contributed by atoms with E-state index < -0.39 is 33.3 Å². The molecular weight excluding hydrogens is 310 g/mol. The van der Waals surface area contributed by atoms with Crippen LogP contribution < -0.4 is 0 Å². The van der Waals surface area contributed by atoms with Crippen molar-refractivity contribution < 1.29 is 23.1 Å². The van der Waals surface area contributed by atoms with Gasteiger partial charge in [-0.15, -0.1) is 0 Å². The highest BCUT2D eigenvalue weighted by atomic mass is 32.2. The smallest absolute Gasteiger partial charge is 0.326 e. The molecule has 2 saturated heterocycles. The third-order valence-electron chi connectivity index (χ3n) is 4.35. The van der Waals surface area contributed by atoms with Gasteiger partial charge < -0.3 is 10.0 Å². The number of hydrogen-bond donors (Lipinski definition) is 1. The van der Waals surface area contributed by atoms with Gasteiger partial charge in [0.2, 0.25) is 15.9 Å². The number of amides is 1. The van der Waals surface area contributed by atoms with Crippen molar-refractivity contribution in [3.8, 4) is 0 Å². The predicted octanol–water partition coefficient (Wildman–Crippen LogP) is -0.913. The molecule has 8 nitrogen and oxygen atoms in total. The fourth-order valence-electron chi connectivity index (χ4n) is 2.82. The largest absolute Gasteiger partial charge is 0.480 e. The Kier molecular flexibility index (Phi) is 4.51. The van der Waals surface area contributed by atoms with Gasteiger partial charge in [-0.25, -0.2) is 13.2 Å². The lowest BCUT2D eigenvalue weighted by atomic mass is 9.97. The Bertz CT molecular complexity index is 570. The molecule has 2 heterocycles. The molecule has 0 aliphatic carbocycles. The predicted molar refractivity (Wildman–Crippen MR) is 79.4 cm³/mol. The first-order valence-electron chi connectivity index (χ1n) is 7.26. The van der Waals surface area contributed by atoms with Crippen LogP contribution in [0.25, 0.3) is 0 Å². The Hall–Kier alpha value is -1.19. The van der Waals surface area contributed by atoms with Crippen LogP contribution in [0.4, 0.5) is 0 Å². The summed E-state index contributed by atoms with van der Waals surface area (Å²) in [6, 6.07) is -0.896. The molecule has 0 saturated carbocycles. The zero-order valence-corrected chi connectivity index (χ0v) is 14.1. The number of carboxylic acids is 1. The molecule has 1 unspecified atom stereocenters. The lowest BCUT2D eigenvalue weighted by molar-refractivity contribution is -0.154. The van der Waals surface area contributed by atoms with Crippen molar-refractivity contribution in [1.82, 2.24) is 14.1 Å². The summed E-state index contributed by atoms with van der Waals surface area (Å²) in [6.07, 6.45) is 0. The van der Waals surface area contributed by atoms with Crippen molar-refractivity contribution in [2.75, 3.05) is 33.7 Å². The van der Waals surface area contributed by atoms with Crippen LogP contribution in [0.2, 0.25) is 0 Å². The number of sulfonamides is 1. The number of carbonyl (C=O) groups excluding carboxylic acids is 1. The van der Waals surface area contributed by atoms with Crippen LogP contribution in [0, 0.1) is 11.8 Å². The van der Waals surface area contributed by atoms with Crippen LogP contribution in [0.3, 0.4) is 0 Å². The van der Waals surface area contributed by atoms with E-state index >= 15 is 0 Å². The molecule has 2 aliphatic rings. The second-order valence-electron chi connectivity index (χ2n) is 6.43. The van der Waals surface area contributed by atoms with E-state index in [0.717, 1.165) is 0 Å². The van der Waals surface area contributed by atoms with E-state index in [4.69, 9.17) is 0 Å². The van der Waals surface area contributed by atoms with Gasteiger partial charge in [-0.05, 0) is 13.0 Å². The number of nitrogens with zero attached hydrogens (tertiary/aromatic N) is 3. The summed E-state index contributed by atoms with van der Waals surface area (Å²) in [5, 5.41) is 8.75. The Balaban J connectivity index is 1.95. The molecular formula is C13H23N3O5S. The van der Waals surface area contributed by atoms with Gasteiger partial charge >= 0.3 is 5.97 Å². The first-order chi connectivity index (χ1) is 10.1. The molecule has 3 atom stereocenters. The van der Waals surface area contributed by atoms with Crippen LogP contribution in [0.15, 0.2) is 0 Å². The Morgan fingerprint density at radius 3 is 2.09 bits per heavy atom. The van der Waals surface area contributed by atoms with Gasteiger partial charge in [0.25, 0.3) is 0 Å². The zero-order chi connectivity index (χ0) is 16.8. The van der Waals surface area contributed by atoms with Gasteiger partial charge in [-0.2, -0.15) is 4.31 Å². The monoisotopic (exact) mass is 333 g/mol. The molecule has 0 aromatic heterocycles. The summed E-state index contributed by atoms with van der Waals surface area (Å²) in [5.41, 5.74) is 0. The van der Waals surface area contributed by atoms with Crippen LogP contribution in [-0.4, -0.2) is 84.7 Å². The molecule has 1 N–H and O–H groups in total. The van der Waals surface area contributed by atoms with Gasteiger partial charge in [0, 0.05) is 26.7 Å². The topological polar surface area (TPSA) is 98.0 Å². The van der Waals surface area contributed by atoms with E-state index in [1.807, 2.05) is 0 Å². The number of carboxylic acid groups (broad SMARTS) is 1. The van der Waals surface area contributed by atoms with Crippen molar-refractivity contribution >= 4 is 21.9 Å². The van der Waals surface area contributed by atoms with Crippen LogP contribution in [0.5, 0.6) is 0 Å². The minimum Gasteiger partial charge on any atom is -0.480 e. The SMILES string of the molecule is CC(C)[C@@H](C(=O)O)N(C)C(=O)C1CN(S(=O)(=O)[C@H]2CN2C)C1. The summed E-state index contributed by atoms with van der Waals surface area (Å²) in [7, 11) is -0.151. The number of hydrogen-bond acceptors (Lipinski definition) is 5. The van der Waals surface area contributed by atoms with Gasteiger partial charge in [0.05, 0.1) is 5.92 Å². The normalized spacial score (nSPS) is 27.3. The summed E-state index contributed by atoms with van der Waals surface area (Å²) in [6.45, 7) is 4.28. The molecule has 9 heteroatoms. The standard InChI is InChI=1S/C13H23N3O5S/c1-8(2)11(13(18)19)15(4)12(17)9-5-16(6-9)22(20,21)10-7-14(10)3/h8-11H,5-7H2,1-4H3,(H,18,19)/t10-,11-,14?/m0/s1. The summed E-state index contributed by atoms with van der Waals surface area (Å²) in [4.78, 5) is 26.5. The third kappa shape index (κ3) is 2.97. The highest BCUT2D eigenvalue weighted by molar-refractivity contribution is 7.90. The van der Waals surface area contributed by atoms with Crippen molar-refractivity contribution in [2.24, 2.45) is 11.8 Å². The lowest BCUT2D eigenvalue weighted by Gasteiger charge is -2.40. The zero-order valence-electron chi connectivity index (χ0n) is 13.3. The van der Waals surface area contributed by atoms with E-state index in [2.05, 4.69) is 0 Å². The fourth-order valence-corrected chi connectivity index (χ4v) is 4.82. The van der Waals surface area contributed by atoms with Crippen molar-refractivity contribution in [2.45, 2.75) is 25.3 Å². The Morgan fingerprint density at radius 2 is 1.73 bits per heavy atom. The van der Waals surface area contributed by atoms with E-state index in [9.17, 15) is 23.1 Å². The number of rotatable bonds is 6. The maximum absolute atomic E-state index is 12.3. The molecule has 2 rings (SSSR count). The van der Waals surface area contributed by atoms with Gasteiger partial charge in [-0.1, -0.05) is 13.8 Å². The number of carbonyl (C=O) groups is 2. The Morgan fingerprint density at radius 1 is 1.23 bits per heavy atom. The third-order valence-corrected chi connectivity index (χ3v) is 6.57. The molecule has 0 bridgehead atoms. The van der Waals surface area contributed by atoms with E-state index in [1.54, 1.807) is 25.8 Å². The summed E-state index contributed by atoms with van der Waals surface area (Å²) >= 11 is 0. The molecule has 0 aromatic carbocycles. The summed E-state index contributed by atoms with van der Waals surface area (Å²) < 4.78 is 25.6. The minimum absolute atomic E-state index is 0.139. The molecule has 126 valence electrons. The maximum Gasteiger partial charge on any atom is 0.326 e. The van der Waals surface area contributed by atoms with E-state index in [-0.39, 0.29) is 24.9 Å². The van der Waals surface area contributed by atoms with Crippen molar-refractivity contribution in [3.63, 3.8) is 0 Å². The fraction of sp³-hybridized carbons (Fsp3) is 0.846. The van der Waals surface area contributed by atoms with Crippen LogP contribution in [0.1, 0.15) is 13.8 Å².